The summed E-state index contributed by atoms with van der Waals surface area (Å²) in [6, 6.07) is 12.3. The van der Waals surface area contributed by atoms with Crippen LogP contribution in [0.3, 0.4) is 0 Å². The number of hydrogen-bond donors (Lipinski definition) is 2. The number of benzene rings is 2. The maximum Gasteiger partial charge on any atom is 0.240 e. The Labute approximate surface area is 159 Å². The van der Waals surface area contributed by atoms with E-state index in [0.29, 0.717) is 11.4 Å². The molecule has 0 fully saturated rings. The number of thioether (sulfide) groups is 1. The van der Waals surface area contributed by atoms with Crippen molar-refractivity contribution in [2.24, 2.45) is 5.92 Å². The molecule has 2 aromatic rings. The molecule has 1 atom stereocenters. The summed E-state index contributed by atoms with van der Waals surface area (Å²) in [7, 11) is -3.67. The number of carbonyl (C=O) groups is 1. The lowest BCUT2D eigenvalue weighted by Gasteiger charge is -2.11. The first-order chi connectivity index (χ1) is 11.8. The van der Waals surface area contributed by atoms with Crippen molar-refractivity contribution in [2.75, 3.05) is 11.1 Å². The van der Waals surface area contributed by atoms with Gasteiger partial charge in [0.15, 0.2) is 0 Å². The van der Waals surface area contributed by atoms with E-state index in [2.05, 4.69) is 26.0 Å². The number of hydrogen-bond acceptors (Lipinski definition) is 4. The molecule has 0 spiro atoms. The molecule has 0 aliphatic carbocycles. The molecule has 2 aromatic carbocycles. The maximum atomic E-state index is 12.6. The fourth-order valence-electron chi connectivity index (χ4n) is 2.35. The van der Waals surface area contributed by atoms with Crippen LogP contribution in [0.2, 0.25) is 0 Å². The van der Waals surface area contributed by atoms with Crippen molar-refractivity contribution in [3.8, 4) is 0 Å². The Bertz CT molecular complexity index is 916. The summed E-state index contributed by atoms with van der Waals surface area (Å²) >= 11 is 4.92. The minimum atomic E-state index is -3.67. The number of nitrogens with one attached hydrogen (secondary N) is 2. The van der Waals surface area contributed by atoms with E-state index < -0.39 is 10.0 Å². The lowest BCUT2D eigenvalue weighted by atomic mass is 10.2. The van der Waals surface area contributed by atoms with Gasteiger partial charge in [-0.1, -0.05) is 35.0 Å². The molecule has 3 rings (SSSR count). The maximum absolute atomic E-state index is 12.6. The first-order valence-electron chi connectivity index (χ1n) is 7.67. The van der Waals surface area contributed by atoms with Crippen LogP contribution < -0.4 is 10.0 Å². The van der Waals surface area contributed by atoms with Crippen LogP contribution in [0.25, 0.3) is 0 Å². The van der Waals surface area contributed by atoms with E-state index in [4.69, 9.17) is 0 Å². The molecule has 132 valence electrons. The quantitative estimate of drug-likeness (QED) is 0.760. The van der Waals surface area contributed by atoms with Crippen molar-refractivity contribution in [2.45, 2.75) is 23.3 Å². The zero-order valence-electron chi connectivity index (χ0n) is 13.5. The summed E-state index contributed by atoms with van der Waals surface area (Å²) in [6.45, 7) is 2.04. The molecule has 0 saturated carbocycles. The van der Waals surface area contributed by atoms with Gasteiger partial charge in [-0.05, 0) is 35.9 Å². The monoisotopic (exact) mass is 440 g/mol. The second-order valence-corrected chi connectivity index (χ2v) is 9.56. The topological polar surface area (TPSA) is 75.3 Å². The summed E-state index contributed by atoms with van der Waals surface area (Å²) in [5, 5.41) is 2.81. The zero-order valence-corrected chi connectivity index (χ0v) is 16.7. The largest absolute Gasteiger partial charge is 0.325 e. The van der Waals surface area contributed by atoms with Crippen molar-refractivity contribution in [1.82, 2.24) is 4.72 Å². The fraction of sp³-hybridized carbons (Fsp3) is 0.235. The molecule has 1 aliphatic heterocycles. The Kier molecular flexibility index (Phi) is 5.52. The smallest absolute Gasteiger partial charge is 0.240 e. The zero-order chi connectivity index (χ0) is 18.0. The van der Waals surface area contributed by atoms with Crippen molar-refractivity contribution in [3.05, 3.63) is 52.5 Å². The number of sulfonamides is 1. The third kappa shape index (κ3) is 4.44. The Hall–Kier alpha value is -1.35. The van der Waals surface area contributed by atoms with Gasteiger partial charge in [-0.2, -0.15) is 0 Å². The van der Waals surface area contributed by atoms with Crippen LogP contribution in [0, 0.1) is 5.92 Å². The highest BCUT2D eigenvalue weighted by molar-refractivity contribution is 9.10. The van der Waals surface area contributed by atoms with Crippen LogP contribution in [0.4, 0.5) is 5.69 Å². The minimum absolute atomic E-state index is 0.0945. The van der Waals surface area contributed by atoms with Gasteiger partial charge in [0.1, 0.15) is 0 Å². The normalized spacial score (nSPS) is 17.5. The van der Waals surface area contributed by atoms with E-state index in [1.165, 1.54) is 6.07 Å². The van der Waals surface area contributed by atoms with Crippen LogP contribution in [0.15, 0.2) is 56.7 Å². The summed E-state index contributed by atoms with van der Waals surface area (Å²) < 4.78 is 28.6. The molecule has 8 heteroatoms. The van der Waals surface area contributed by atoms with Crippen LogP contribution in [0.5, 0.6) is 0 Å². The van der Waals surface area contributed by atoms with Gasteiger partial charge < -0.3 is 5.32 Å². The Morgan fingerprint density at radius 3 is 2.84 bits per heavy atom. The van der Waals surface area contributed by atoms with Crippen molar-refractivity contribution >= 4 is 49.3 Å². The van der Waals surface area contributed by atoms with E-state index in [9.17, 15) is 13.2 Å². The SMILES string of the molecule is C[C@H]1CSc2ccc(S(=O)(=O)NCc3cccc(Br)c3)cc2NC1=O. The van der Waals surface area contributed by atoms with E-state index in [1.807, 2.05) is 31.2 Å². The van der Waals surface area contributed by atoms with E-state index in [-0.39, 0.29) is 23.3 Å². The van der Waals surface area contributed by atoms with Gasteiger partial charge in [0.05, 0.1) is 10.6 Å². The van der Waals surface area contributed by atoms with E-state index in [1.54, 1.807) is 23.9 Å². The molecule has 0 radical (unpaired) electrons. The lowest BCUT2D eigenvalue weighted by Crippen LogP contribution is -2.24. The molecule has 1 heterocycles. The summed E-state index contributed by atoms with van der Waals surface area (Å²) in [5.74, 6) is 0.460. The summed E-state index contributed by atoms with van der Waals surface area (Å²) in [4.78, 5) is 13.0. The lowest BCUT2D eigenvalue weighted by molar-refractivity contribution is -0.118. The highest BCUT2D eigenvalue weighted by Crippen LogP contribution is 2.34. The Morgan fingerprint density at radius 1 is 1.28 bits per heavy atom. The number of halogens is 1. The first-order valence-corrected chi connectivity index (χ1v) is 10.9. The molecule has 25 heavy (non-hydrogen) atoms. The van der Waals surface area contributed by atoms with Crippen LogP contribution >= 0.6 is 27.7 Å². The van der Waals surface area contributed by atoms with Crippen LogP contribution in [-0.2, 0) is 21.4 Å². The van der Waals surface area contributed by atoms with Gasteiger partial charge in [0.25, 0.3) is 0 Å². The standard InChI is InChI=1S/C17H17BrN2O3S2/c1-11-10-24-16-6-5-14(8-15(16)20-17(11)21)25(22,23)19-9-12-3-2-4-13(18)7-12/h2-8,11,19H,9-10H2,1H3,(H,20,21)/t11-/m0/s1. The van der Waals surface area contributed by atoms with Gasteiger partial charge in [0, 0.05) is 27.6 Å². The van der Waals surface area contributed by atoms with E-state index >= 15 is 0 Å². The first kappa shape index (κ1) is 18.4. The number of amides is 1. The van der Waals surface area contributed by atoms with Crippen molar-refractivity contribution in [3.63, 3.8) is 0 Å². The van der Waals surface area contributed by atoms with Gasteiger partial charge in [0.2, 0.25) is 15.9 Å². The molecule has 1 amide bonds. The Balaban J connectivity index is 1.81. The van der Waals surface area contributed by atoms with Gasteiger partial charge >= 0.3 is 0 Å². The minimum Gasteiger partial charge on any atom is -0.325 e. The third-order valence-corrected chi connectivity index (χ3v) is 7.04. The molecule has 0 bridgehead atoms. The predicted molar refractivity (Wildman–Crippen MR) is 103 cm³/mol. The molecule has 2 N–H and O–H groups in total. The second kappa shape index (κ2) is 7.49. The molecule has 0 saturated heterocycles. The number of rotatable bonds is 4. The second-order valence-electron chi connectivity index (χ2n) is 5.81. The molecular formula is C17H17BrN2O3S2. The molecule has 1 aliphatic rings. The highest BCUT2D eigenvalue weighted by atomic mass is 79.9. The molecule has 0 aromatic heterocycles. The summed E-state index contributed by atoms with van der Waals surface area (Å²) in [5.41, 5.74) is 1.40. The van der Waals surface area contributed by atoms with Gasteiger partial charge in [-0.15, -0.1) is 11.8 Å². The van der Waals surface area contributed by atoms with E-state index in [0.717, 1.165) is 14.9 Å². The number of fused-ring (bicyclic) bond motifs is 1. The van der Waals surface area contributed by atoms with Gasteiger partial charge in [-0.3, -0.25) is 4.79 Å². The van der Waals surface area contributed by atoms with Crippen LogP contribution in [-0.4, -0.2) is 20.1 Å². The van der Waals surface area contributed by atoms with Crippen LogP contribution in [0.1, 0.15) is 12.5 Å². The average molecular weight is 441 g/mol. The Morgan fingerprint density at radius 2 is 2.08 bits per heavy atom. The molecule has 0 unspecified atom stereocenters. The summed E-state index contributed by atoms with van der Waals surface area (Å²) in [6.07, 6.45) is 0. The number of anilines is 1. The van der Waals surface area contributed by atoms with Gasteiger partial charge in [-0.25, -0.2) is 13.1 Å². The number of carbonyl (C=O) groups excluding carboxylic acids is 1. The average Bonchev–Trinajstić information content (AvgIpc) is 2.72. The molecular weight excluding hydrogens is 424 g/mol. The fourth-order valence-corrected chi connectivity index (χ4v) is 4.86. The molecule has 5 nitrogen and oxygen atoms in total. The van der Waals surface area contributed by atoms with Crippen molar-refractivity contribution < 1.29 is 13.2 Å². The third-order valence-electron chi connectivity index (χ3n) is 3.81. The van der Waals surface area contributed by atoms with Crippen molar-refractivity contribution in [1.29, 1.82) is 0 Å². The predicted octanol–water partition coefficient (Wildman–Crippen LogP) is 3.61. The highest BCUT2D eigenvalue weighted by Gasteiger charge is 2.22.